The Hall–Kier alpha value is -2.45. The number of phenols is 1. The summed E-state index contributed by atoms with van der Waals surface area (Å²) < 4.78 is 36.4. The van der Waals surface area contributed by atoms with Crippen molar-refractivity contribution in [3.05, 3.63) is 41.1 Å². The minimum absolute atomic E-state index is 0.0969. The number of hydrogen-bond donors (Lipinski definition) is 1. The summed E-state index contributed by atoms with van der Waals surface area (Å²) in [4.78, 5) is 8.72. The molecule has 2 saturated heterocycles. The molecular weight excluding hydrogens is 404 g/mol. The number of rotatable bonds is 7. The molecule has 0 bridgehead atoms. The van der Waals surface area contributed by atoms with Crippen LogP contribution in [0.4, 0.5) is 8.78 Å². The van der Waals surface area contributed by atoms with Crippen molar-refractivity contribution in [3.8, 4) is 11.5 Å². The van der Waals surface area contributed by atoms with Crippen LogP contribution < -0.4 is 4.74 Å². The molecule has 3 rings (SSSR count). The molecule has 2 heterocycles. The number of aryl methyl sites for hydroxylation is 1. The van der Waals surface area contributed by atoms with Gasteiger partial charge in [0.25, 0.3) is 0 Å². The summed E-state index contributed by atoms with van der Waals surface area (Å²) in [5, 5.41) is 10.4. The predicted molar refractivity (Wildman–Crippen MR) is 118 cm³/mol. The van der Waals surface area contributed by atoms with E-state index in [0.717, 1.165) is 38.3 Å². The van der Waals surface area contributed by atoms with Gasteiger partial charge in [0.2, 0.25) is 0 Å². The molecular formula is C23H31F2N3O3. The Morgan fingerprint density at radius 3 is 2.84 bits per heavy atom. The van der Waals surface area contributed by atoms with Gasteiger partial charge in [-0.3, -0.25) is 4.99 Å². The Morgan fingerprint density at radius 1 is 1.39 bits per heavy atom. The smallest absolute Gasteiger partial charge is 0.387 e. The van der Waals surface area contributed by atoms with Crippen molar-refractivity contribution in [2.45, 2.75) is 45.9 Å². The lowest BCUT2D eigenvalue weighted by Gasteiger charge is -2.48. The average Bonchev–Trinajstić information content (AvgIpc) is 2.73. The summed E-state index contributed by atoms with van der Waals surface area (Å²) in [5.41, 5.74) is 1.97. The number of halogens is 2. The average molecular weight is 436 g/mol. The highest BCUT2D eigenvalue weighted by Crippen LogP contribution is 2.37. The first-order valence-corrected chi connectivity index (χ1v) is 10.6. The number of benzene rings is 1. The first-order valence-electron chi connectivity index (χ1n) is 10.6. The largest absolute Gasteiger partial charge is 0.507 e. The highest BCUT2D eigenvalue weighted by Gasteiger charge is 2.36. The van der Waals surface area contributed by atoms with Crippen molar-refractivity contribution < 1.29 is 23.4 Å². The molecule has 1 N–H and O–H groups in total. The van der Waals surface area contributed by atoms with Gasteiger partial charge in [0.05, 0.1) is 30.0 Å². The van der Waals surface area contributed by atoms with Crippen LogP contribution in [0.1, 0.15) is 31.4 Å². The van der Waals surface area contributed by atoms with Crippen molar-refractivity contribution in [2.75, 3.05) is 32.8 Å². The van der Waals surface area contributed by atoms with Crippen molar-refractivity contribution in [2.24, 2.45) is 4.99 Å². The minimum Gasteiger partial charge on any atom is -0.507 e. The minimum atomic E-state index is -3.01. The van der Waals surface area contributed by atoms with Crippen molar-refractivity contribution in [1.82, 2.24) is 9.80 Å². The van der Waals surface area contributed by atoms with Crippen LogP contribution in [-0.2, 0) is 4.74 Å². The number of piperidine rings is 1. The summed E-state index contributed by atoms with van der Waals surface area (Å²) in [6.45, 7) is 10.8. The van der Waals surface area contributed by atoms with Crippen LogP contribution in [0.2, 0.25) is 0 Å². The predicted octanol–water partition coefficient (Wildman–Crippen LogP) is 4.04. The molecule has 0 radical (unpaired) electrons. The molecule has 0 saturated carbocycles. The number of allylic oxidation sites excluding steroid dienone is 3. The fourth-order valence-electron chi connectivity index (χ4n) is 4.35. The molecule has 170 valence electrons. The van der Waals surface area contributed by atoms with E-state index < -0.39 is 6.61 Å². The summed E-state index contributed by atoms with van der Waals surface area (Å²) in [6.07, 6.45) is 4.76. The van der Waals surface area contributed by atoms with Gasteiger partial charge >= 0.3 is 6.61 Å². The number of aromatic hydroxyl groups is 1. The highest BCUT2D eigenvalue weighted by molar-refractivity contribution is 5.78. The van der Waals surface area contributed by atoms with E-state index in [4.69, 9.17) is 4.74 Å². The van der Waals surface area contributed by atoms with Gasteiger partial charge in [-0.05, 0) is 63.4 Å². The number of phenolic OH excluding ortho intramolecular Hbond substituents is 1. The Kier molecular flexibility index (Phi) is 7.67. The zero-order valence-electron chi connectivity index (χ0n) is 18.4. The van der Waals surface area contributed by atoms with Crippen LogP contribution in [0.5, 0.6) is 11.5 Å². The number of likely N-dealkylation sites (N-methyl/N-ethyl adjacent to an activating group) is 1. The van der Waals surface area contributed by atoms with Crippen molar-refractivity contribution in [1.29, 1.82) is 0 Å². The molecule has 0 amide bonds. The second kappa shape index (κ2) is 10.2. The molecule has 6 nitrogen and oxygen atoms in total. The normalized spacial score (nSPS) is 23.1. The first-order chi connectivity index (χ1) is 14.8. The number of fused-ring (bicyclic) bond motifs is 1. The van der Waals surface area contributed by atoms with Crippen LogP contribution in [0.3, 0.4) is 0 Å². The highest BCUT2D eigenvalue weighted by atomic mass is 19.3. The van der Waals surface area contributed by atoms with E-state index in [1.807, 2.05) is 13.0 Å². The summed E-state index contributed by atoms with van der Waals surface area (Å²) in [7, 11) is 0. The van der Waals surface area contributed by atoms with Crippen LogP contribution in [0, 0.1) is 6.92 Å². The van der Waals surface area contributed by atoms with Crippen LogP contribution in [0.15, 0.2) is 35.0 Å². The number of aliphatic imine (C=N–C) groups is 1. The molecule has 31 heavy (non-hydrogen) atoms. The lowest BCUT2D eigenvalue weighted by molar-refractivity contribution is -0.0908. The SMILES string of the molecule is C=N/C(=C\C=C(/C)N1CCOC2CCN(CC)CC21)c1c(O)cc(C)cc1OC(F)F. The molecule has 0 aliphatic carbocycles. The van der Waals surface area contributed by atoms with Gasteiger partial charge in [0.15, 0.2) is 0 Å². The summed E-state index contributed by atoms with van der Waals surface area (Å²) >= 11 is 0. The van der Waals surface area contributed by atoms with E-state index in [-0.39, 0.29) is 34.9 Å². The van der Waals surface area contributed by atoms with Gasteiger partial charge in [0, 0.05) is 25.3 Å². The van der Waals surface area contributed by atoms with Gasteiger partial charge in [-0.2, -0.15) is 8.78 Å². The third kappa shape index (κ3) is 5.43. The van der Waals surface area contributed by atoms with E-state index in [1.54, 1.807) is 13.0 Å². The van der Waals surface area contributed by atoms with Crippen molar-refractivity contribution in [3.63, 3.8) is 0 Å². The van der Waals surface area contributed by atoms with Gasteiger partial charge in [-0.25, -0.2) is 0 Å². The molecule has 2 unspecified atom stereocenters. The Bertz CT molecular complexity index is 857. The van der Waals surface area contributed by atoms with E-state index >= 15 is 0 Å². The van der Waals surface area contributed by atoms with Crippen molar-refractivity contribution >= 4 is 12.4 Å². The fraction of sp³-hybridized carbons (Fsp3) is 0.522. The molecule has 2 aliphatic rings. The van der Waals surface area contributed by atoms with E-state index in [1.165, 1.54) is 12.1 Å². The quantitative estimate of drug-likeness (QED) is 0.517. The summed E-state index contributed by atoms with van der Waals surface area (Å²) in [5.74, 6) is -0.313. The maximum Gasteiger partial charge on any atom is 0.387 e. The first kappa shape index (κ1) is 23.2. The zero-order chi connectivity index (χ0) is 22.5. The van der Waals surface area contributed by atoms with Crippen LogP contribution in [-0.4, -0.2) is 73.2 Å². The third-order valence-corrected chi connectivity index (χ3v) is 5.92. The Morgan fingerprint density at radius 2 is 2.16 bits per heavy atom. The van der Waals surface area contributed by atoms with E-state index in [9.17, 15) is 13.9 Å². The number of nitrogens with zero attached hydrogens (tertiary/aromatic N) is 3. The molecule has 2 aliphatic heterocycles. The van der Waals surface area contributed by atoms with E-state index in [0.29, 0.717) is 12.2 Å². The van der Waals surface area contributed by atoms with Gasteiger partial charge in [0.1, 0.15) is 11.5 Å². The third-order valence-electron chi connectivity index (χ3n) is 5.92. The molecule has 2 atom stereocenters. The number of likely N-dealkylation sites (tertiary alicyclic amines) is 1. The number of hydrogen-bond acceptors (Lipinski definition) is 6. The van der Waals surface area contributed by atoms with E-state index in [2.05, 4.69) is 33.2 Å². The van der Waals surface area contributed by atoms with Gasteiger partial charge < -0.3 is 24.4 Å². The molecule has 0 aromatic heterocycles. The molecule has 0 spiro atoms. The van der Waals surface area contributed by atoms with Gasteiger partial charge in [-0.15, -0.1) is 0 Å². The maximum atomic E-state index is 12.9. The number of alkyl halides is 2. The molecule has 1 aromatic carbocycles. The van der Waals surface area contributed by atoms with Gasteiger partial charge in [-0.1, -0.05) is 6.92 Å². The Balaban J connectivity index is 1.90. The Labute approximate surface area is 182 Å². The monoisotopic (exact) mass is 435 g/mol. The molecule has 1 aromatic rings. The lowest BCUT2D eigenvalue weighted by Crippen LogP contribution is -2.59. The molecule has 2 fully saturated rings. The zero-order valence-corrected chi connectivity index (χ0v) is 18.4. The molecule has 8 heteroatoms. The number of morpholine rings is 1. The number of ether oxygens (including phenoxy) is 2. The standard InChI is InChI=1S/C23H31F2N3O3/c1-5-27-9-8-20-18(14-27)28(10-11-30-20)16(3)6-7-17(26-4)22-19(29)12-15(2)13-21(22)31-23(24)25/h6-7,12-13,18,20,23,29H,4-5,8-11,14H2,1-3H3/b16-6+,17-7-. The second-order valence-corrected chi connectivity index (χ2v) is 7.91. The van der Waals surface area contributed by atoms with Crippen LogP contribution in [0.25, 0.3) is 5.70 Å². The topological polar surface area (TPSA) is 57.5 Å². The maximum absolute atomic E-state index is 12.9. The lowest BCUT2D eigenvalue weighted by atomic mass is 9.98. The summed E-state index contributed by atoms with van der Waals surface area (Å²) in [6, 6.07) is 3.19. The second-order valence-electron chi connectivity index (χ2n) is 7.91. The fourth-order valence-corrected chi connectivity index (χ4v) is 4.35. The van der Waals surface area contributed by atoms with Crippen LogP contribution >= 0.6 is 0 Å².